The van der Waals surface area contributed by atoms with Gasteiger partial charge < -0.3 is 15.0 Å². The fourth-order valence-corrected chi connectivity index (χ4v) is 3.50. The number of nitrogens with zero attached hydrogens (tertiary/aromatic N) is 1. The molecule has 0 aliphatic carbocycles. The minimum Gasteiger partial charge on any atom is -0.377 e. The van der Waals surface area contributed by atoms with E-state index in [0.717, 1.165) is 38.4 Å². The molecule has 0 saturated carbocycles. The van der Waals surface area contributed by atoms with Crippen LogP contribution in [0.15, 0.2) is 0 Å². The third-order valence-electron chi connectivity index (χ3n) is 3.62. The van der Waals surface area contributed by atoms with Gasteiger partial charge in [-0.1, -0.05) is 0 Å². The van der Waals surface area contributed by atoms with Crippen molar-refractivity contribution in [2.75, 3.05) is 37.7 Å². The van der Waals surface area contributed by atoms with E-state index in [1.54, 1.807) is 11.8 Å². The number of carbonyl (C=O) groups is 1. The van der Waals surface area contributed by atoms with Crippen LogP contribution >= 0.6 is 24.2 Å². The van der Waals surface area contributed by atoms with Gasteiger partial charge in [0.15, 0.2) is 0 Å². The van der Waals surface area contributed by atoms with Crippen LogP contribution in [0.3, 0.4) is 0 Å². The summed E-state index contributed by atoms with van der Waals surface area (Å²) in [5.41, 5.74) is 0. The van der Waals surface area contributed by atoms with Gasteiger partial charge in [-0.25, -0.2) is 0 Å². The number of hydrogen-bond donors (Lipinski definition) is 1. The van der Waals surface area contributed by atoms with Gasteiger partial charge in [0.05, 0.1) is 11.9 Å². The average molecular weight is 309 g/mol. The number of thioether (sulfide) groups is 1. The molecule has 0 aromatic heterocycles. The van der Waals surface area contributed by atoms with Gasteiger partial charge in [-0.15, -0.1) is 24.2 Å². The molecule has 2 rings (SSSR count). The van der Waals surface area contributed by atoms with Crippen molar-refractivity contribution in [1.82, 2.24) is 10.2 Å². The summed E-state index contributed by atoms with van der Waals surface area (Å²) in [5, 5.41) is 3.31. The number of piperazine rings is 1. The summed E-state index contributed by atoms with van der Waals surface area (Å²) in [5.74, 6) is 1.85. The molecular weight excluding hydrogens is 284 g/mol. The molecular formula is C13H25ClN2O2S. The van der Waals surface area contributed by atoms with Crippen molar-refractivity contribution in [3.8, 4) is 0 Å². The Morgan fingerprint density at radius 3 is 3.00 bits per heavy atom. The van der Waals surface area contributed by atoms with E-state index in [2.05, 4.69) is 12.2 Å². The molecule has 4 nitrogen and oxygen atoms in total. The molecule has 2 aliphatic heterocycles. The lowest BCUT2D eigenvalue weighted by Gasteiger charge is -2.34. The molecule has 2 fully saturated rings. The summed E-state index contributed by atoms with van der Waals surface area (Å²) in [6.07, 6.45) is 3.99. The van der Waals surface area contributed by atoms with Crippen molar-refractivity contribution in [2.24, 2.45) is 0 Å². The smallest absolute Gasteiger partial charge is 0.232 e. The van der Waals surface area contributed by atoms with E-state index in [1.807, 2.05) is 4.90 Å². The number of rotatable bonds is 4. The summed E-state index contributed by atoms with van der Waals surface area (Å²) < 4.78 is 5.67. The molecule has 2 atom stereocenters. The predicted molar refractivity (Wildman–Crippen MR) is 82.2 cm³/mol. The molecule has 112 valence electrons. The quantitative estimate of drug-likeness (QED) is 0.855. The first-order chi connectivity index (χ1) is 8.77. The van der Waals surface area contributed by atoms with Gasteiger partial charge in [0.2, 0.25) is 5.91 Å². The molecule has 6 heteroatoms. The highest BCUT2D eigenvalue weighted by molar-refractivity contribution is 7.99. The lowest BCUT2D eigenvalue weighted by Crippen LogP contribution is -2.52. The lowest BCUT2D eigenvalue weighted by molar-refractivity contribution is -0.131. The van der Waals surface area contributed by atoms with Gasteiger partial charge >= 0.3 is 0 Å². The van der Waals surface area contributed by atoms with Gasteiger partial charge in [-0.05, 0) is 26.2 Å². The van der Waals surface area contributed by atoms with E-state index in [4.69, 9.17) is 4.74 Å². The minimum atomic E-state index is 0. The third-order valence-corrected chi connectivity index (χ3v) is 4.68. The SMILES string of the molecule is C[C@H]1CNCCN1C(=O)CSCC1CCCCO1.Cl. The number of halogens is 1. The van der Waals surface area contributed by atoms with E-state index >= 15 is 0 Å². The zero-order valence-electron chi connectivity index (χ0n) is 11.6. The van der Waals surface area contributed by atoms with Crippen molar-refractivity contribution < 1.29 is 9.53 Å². The van der Waals surface area contributed by atoms with Crippen LogP contribution in [-0.2, 0) is 9.53 Å². The number of carbonyl (C=O) groups excluding carboxylic acids is 1. The highest BCUT2D eigenvalue weighted by Gasteiger charge is 2.23. The van der Waals surface area contributed by atoms with Gasteiger partial charge in [-0.2, -0.15) is 0 Å². The Labute approximate surface area is 126 Å². The second-order valence-electron chi connectivity index (χ2n) is 5.14. The maximum atomic E-state index is 12.1. The molecule has 2 saturated heterocycles. The van der Waals surface area contributed by atoms with Crippen LogP contribution < -0.4 is 5.32 Å². The molecule has 0 radical (unpaired) electrons. The number of hydrogen-bond acceptors (Lipinski definition) is 4. The Kier molecular flexibility index (Phi) is 8.14. The van der Waals surface area contributed by atoms with Crippen molar-refractivity contribution in [3.63, 3.8) is 0 Å². The van der Waals surface area contributed by atoms with Crippen LogP contribution in [0.25, 0.3) is 0 Å². The Hall–Kier alpha value is 0.0300. The topological polar surface area (TPSA) is 41.6 Å². The van der Waals surface area contributed by atoms with Crippen molar-refractivity contribution in [1.29, 1.82) is 0 Å². The fourth-order valence-electron chi connectivity index (χ4n) is 2.51. The van der Waals surface area contributed by atoms with Gasteiger partial charge in [-0.3, -0.25) is 4.79 Å². The Morgan fingerprint density at radius 1 is 1.47 bits per heavy atom. The number of nitrogens with one attached hydrogen (secondary N) is 1. The lowest BCUT2D eigenvalue weighted by atomic mass is 10.1. The third kappa shape index (κ3) is 5.50. The molecule has 0 spiro atoms. The minimum absolute atomic E-state index is 0. The molecule has 1 amide bonds. The maximum Gasteiger partial charge on any atom is 0.232 e. The van der Waals surface area contributed by atoms with Crippen molar-refractivity contribution in [2.45, 2.75) is 38.3 Å². The molecule has 0 bridgehead atoms. The second kappa shape index (κ2) is 9.06. The zero-order valence-corrected chi connectivity index (χ0v) is 13.2. The van der Waals surface area contributed by atoms with Crippen LogP contribution in [0.2, 0.25) is 0 Å². The Morgan fingerprint density at radius 2 is 2.32 bits per heavy atom. The maximum absolute atomic E-state index is 12.1. The van der Waals surface area contributed by atoms with Gasteiger partial charge in [0, 0.05) is 38.0 Å². The first-order valence-electron chi connectivity index (χ1n) is 6.97. The van der Waals surface area contributed by atoms with Crippen LogP contribution in [0.1, 0.15) is 26.2 Å². The van der Waals surface area contributed by atoms with Gasteiger partial charge in [0.25, 0.3) is 0 Å². The van der Waals surface area contributed by atoms with E-state index in [0.29, 0.717) is 17.9 Å². The summed E-state index contributed by atoms with van der Waals surface area (Å²) in [6.45, 7) is 5.70. The van der Waals surface area contributed by atoms with E-state index in [1.165, 1.54) is 12.8 Å². The number of amides is 1. The normalized spacial score (nSPS) is 27.7. The first kappa shape index (κ1) is 17.1. The fraction of sp³-hybridized carbons (Fsp3) is 0.923. The van der Waals surface area contributed by atoms with Crippen LogP contribution in [0.4, 0.5) is 0 Å². The standard InChI is InChI=1S/C13H24N2O2S.ClH/c1-11-8-14-5-6-15(11)13(16)10-18-9-12-4-2-3-7-17-12;/h11-12,14H,2-10H2,1H3;1H/t11-,12?;/m0./s1. The van der Waals surface area contributed by atoms with E-state index < -0.39 is 0 Å². The second-order valence-corrected chi connectivity index (χ2v) is 6.17. The highest BCUT2D eigenvalue weighted by atomic mass is 35.5. The number of ether oxygens (including phenoxy) is 1. The average Bonchev–Trinajstić information content (AvgIpc) is 2.40. The van der Waals surface area contributed by atoms with Crippen molar-refractivity contribution >= 4 is 30.1 Å². The molecule has 2 aliphatic rings. The van der Waals surface area contributed by atoms with Crippen LogP contribution in [0.5, 0.6) is 0 Å². The first-order valence-corrected chi connectivity index (χ1v) is 8.12. The summed E-state index contributed by atoms with van der Waals surface area (Å²) in [7, 11) is 0. The molecule has 0 aromatic rings. The van der Waals surface area contributed by atoms with E-state index in [9.17, 15) is 4.79 Å². The van der Waals surface area contributed by atoms with E-state index in [-0.39, 0.29) is 18.3 Å². The summed E-state index contributed by atoms with van der Waals surface area (Å²) in [6, 6.07) is 0.331. The van der Waals surface area contributed by atoms with Crippen LogP contribution in [0, 0.1) is 0 Å². The zero-order chi connectivity index (χ0) is 12.8. The Balaban J connectivity index is 0.00000180. The van der Waals surface area contributed by atoms with Crippen molar-refractivity contribution in [3.05, 3.63) is 0 Å². The highest BCUT2D eigenvalue weighted by Crippen LogP contribution is 2.17. The molecule has 2 heterocycles. The molecule has 19 heavy (non-hydrogen) atoms. The predicted octanol–water partition coefficient (Wildman–Crippen LogP) is 1.53. The van der Waals surface area contributed by atoms with Gasteiger partial charge in [0.1, 0.15) is 0 Å². The molecule has 0 aromatic carbocycles. The summed E-state index contributed by atoms with van der Waals surface area (Å²) in [4.78, 5) is 14.1. The monoisotopic (exact) mass is 308 g/mol. The summed E-state index contributed by atoms with van der Waals surface area (Å²) >= 11 is 1.73. The molecule has 1 unspecified atom stereocenters. The Bertz CT molecular complexity index is 275. The molecule has 1 N–H and O–H groups in total. The van der Waals surface area contributed by atoms with Crippen LogP contribution in [-0.4, -0.2) is 60.7 Å². The largest absolute Gasteiger partial charge is 0.377 e.